The summed E-state index contributed by atoms with van der Waals surface area (Å²) in [6.07, 6.45) is 3.95. The first-order valence-electron chi connectivity index (χ1n) is 8.96. The number of hydrogen-bond acceptors (Lipinski definition) is 7. The third-order valence-corrected chi connectivity index (χ3v) is 4.53. The van der Waals surface area contributed by atoms with Crippen molar-refractivity contribution in [3.8, 4) is 11.5 Å². The lowest BCUT2D eigenvalue weighted by Gasteiger charge is -2.34. The Hall–Kier alpha value is -2.87. The van der Waals surface area contributed by atoms with Crippen molar-refractivity contribution in [2.24, 2.45) is 0 Å². The molecule has 0 radical (unpaired) electrons. The molecule has 0 atom stereocenters. The van der Waals surface area contributed by atoms with E-state index >= 15 is 0 Å². The largest absolute Gasteiger partial charge is 0.493 e. The summed E-state index contributed by atoms with van der Waals surface area (Å²) in [4.78, 5) is 25.3. The van der Waals surface area contributed by atoms with E-state index in [-0.39, 0.29) is 5.91 Å². The van der Waals surface area contributed by atoms with E-state index in [0.29, 0.717) is 23.6 Å². The number of carbonyl (C=O) groups excluding carboxylic acids is 1. The van der Waals surface area contributed by atoms with Gasteiger partial charge in [0, 0.05) is 63.3 Å². The molecular formula is C19H25N5O3. The zero-order valence-electron chi connectivity index (χ0n) is 15.7. The molecule has 144 valence electrons. The Morgan fingerprint density at radius 1 is 1.07 bits per heavy atom. The molecule has 1 aliphatic heterocycles. The smallest absolute Gasteiger partial charge is 0.225 e. The Morgan fingerprint density at radius 2 is 1.78 bits per heavy atom. The Kier molecular flexibility index (Phi) is 6.43. The van der Waals surface area contributed by atoms with Crippen molar-refractivity contribution >= 4 is 17.5 Å². The molecule has 0 aliphatic carbocycles. The molecule has 2 aromatic rings. The van der Waals surface area contributed by atoms with E-state index in [0.717, 1.165) is 38.7 Å². The van der Waals surface area contributed by atoms with Crippen molar-refractivity contribution in [1.29, 1.82) is 0 Å². The number of piperazine rings is 1. The first-order chi connectivity index (χ1) is 13.2. The van der Waals surface area contributed by atoms with Crippen LogP contribution in [0.1, 0.15) is 6.42 Å². The lowest BCUT2D eigenvalue weighted by molar-refractivity contribution is -0.116. The molecule has 1 aromatic heterocycles. The van der Waals surface area contributed by atoms with Crippen molar-refractivity contribution in [2.75, 3.05) is 57.2 Å². The monoisotopic (exact) mass is 371 g/mol. The molecule has 1 aromatic carbocycles. The van der Waals surface area contributed by atoms with Crippen LogP contribution in [0.4, 0.5) is 11.6 Å². The van der Waals surface area contributed by atoms with Crippen LogP contribution in [-0.4, -0.2) is 67.7 Å². The molecule has 1 aliphatic rings. The lowest BCUT2D eigenvalue weighted by Crippen LogP contribution is -2.47. The molecule has 8 nitrogen and oxygen atoms in total. The maximum atomic E-state index is 12.3. The van der Waals surface area contributed by atoms with Gasteiger partial charge in [-0.1, -0.05) is 0 Å². The van der Waals surface area contributed by atoms with Crippen LogP contribution >= 0.6 is 0 Å². The van der Waals surface area contributed by atoms with Gasteiger partial charge in [0.15, 0.2) is 11.5 Å². The second-order valence-electron chi connectivity index (χ2n) is 6.25. The number of nitrogens with zero attached hydrogens (tertiary/aromatic N) is 4. The van der Waals surface area contributed by atoms with Gasteiger partial charge in [-0.25, -0.2) is 9.97 Å². The number of carbonyl (C=O) groups is 1. The van der Waals surface area contributed by atoms with Crippen LogP contribution in [0.25, 0.3) is 0 Å². The maximum Gasteiger partial charge on any atom is 0.225 e. The highest BCUT2D eigenvalue weighted by molar-refractivity contribution is 5.91. The molecule has 2 heterocycles. The van der Waals surface area contributed by atoms with E-state index in [1.54, 1.807) is 44.8 Å². The highest BCUT2D eigenvalue weighted by Gasteiger charge is 2.19. The molecule has 0 unspecified atom stereocenters. The van der Waals surface area contributed by atoms with Gasteiger partial charge in [-0.2, -0.15) is 0 Å². The highest BCUT2D eigenvalue weighted by atomic mass is 16.5. The van der Waals surface area contributed by atoms with Crippen molar-refractivity contribution in [1.82, 2.24) is 14.9 Å². The van der Waals surface area contributed by atoms with Gasteiger partial charge >= 0.3 is 0 Å². The summed E-state index contributed by atoms with van der Waals surface area (Å²) in [7, 11) is 3.16. The summed E-state index contributed by atoms with van der Waals surface area (Å²) in [6.45, 7) is 4.23. The van der Waals surface area contributed by atoms with Crippen molar-refractivity contribution in [3.63, 3.8) is 0 Å². The van der Waals surface area contributed by atoms with Crippen LogP contribution in [0.5, 0.6) is 11.5 Å². The molecule has 1 amide bonds. The first-order valence-corrected chi connectivity index (χ1v) is 8.96. The van der Waals surface area contributed by atoms with E-state index in [4.69, 9.17) is 9.47 Å². The Bertz CT molecular complexity index is 748. The number of amides is 1. The highest BCUT2D eigenvalue weighted by Crippen LogP contribution is 2.29. The number of hydrogen-bond donors (Lipinski definition) is 1. The summed E-state index contributed by atoms with van der Waals surface area (Å²) < 4.78 is 10.5. The zero-order chi connectivity index (χ0) is 19.1. The van der Waals surface area contributed by atoms with Crippen LogP contribution in [-0.2, 0) is 4.79 Å². The average molecular weight is 371 g/mol. The molecule has 0 bridgehead atoms. The second kappa shape index (κ2) is 9.18. The number of ether oxygens (including phenoxy) is 2. The van der Waals surface area contributed by atoms with E-state index in [2.05, 4.69) is 25.1 Å². The molecule has 27 heavy (non-hydrogen) atoms. The fraction of sp³-hybridized carbons (Fsp3) is 0.421. The van der Waals surface area contributed by atoms with Crippen LogP contribution in [0.2, 0.25) is 0 Å². The van der Waals surface area contributed by atoms with E-state index < -0.39 is 0 Å². The van der Waals surface area contributed by atoms with Crippen molar-refractivity contribution < 1.29 is 14.3 Å². The van der Waals surface area contributed by atoms with Gasteiger partial charge in [0.2, 0.25) is 11.9 Å². The number of nitrogens with one attached hydrogen (secondary N) is 1. The fourth-order valence-electron chi connectivity index (χ4n) is 3.02. The van der Waals surface area contributed by atoms with E-state index in [1.165, 1.54) is 0 Å². The molecule has 3 rings (SSSR count). The van der Waals surface area contributed by atoms with Gasteiger partial charge in [0.1, 0.15) is 0 Å². The van der Waals surface area contributed by atoms with Crippen molar-refractivity contribution in [2.45, 2.75) is 6.42 Å². The number of aromatic nitrogens is 2. The number of methoxy groups -OCH3 is 2. The third-order valence-electron chi connectivity index (χ3n) is 4.53. The Morgan fingerprint density at radius 3 is 2.44 bits per heavy atom. The van der Waals surface area contributed by atoms with Crippen molar-refractivity contribution in [3.05, 3.63) is 36.7 Å². The molecule has 1 N–H and O–H groups in total. The van der Waals surface area contributed by atoms with Gasteiger partial charge < -0.3 is 19.7 Å². The van der Waals surface area contributed by atoms with Crippen LogP contribution < -0.4 is 19.7 Å². The lowest BCUT2D eigenvalue weighted by atomic mass is 10.2. The van der Waals surface area contributed by atoms with Gasteiger partial charge in [-0.3, -0.25) is 9.69 Å². The normalized spacial score (nSPS) is 14.7. The molecule has 8 heteroatoms. The van der Waals surface area contributed by atoms with Gasteiger partial charge in [0.25, 0.3) is 0 Å². The fourth-order valence-corrected chi connectivity index (χ4v) is 3.02. The number of benzene rings is 1. The minimum absolute atomic E-state index is 0.0176. The second-order valence-corrected chi connectivity index (χ2v) is 6.25. The standard InChI is InChI=1S/C19H25N5O3/c1-26-16-5-4-15(14-17(16)27-2)22-18(25)6-9-23-10-12-24(13-11-23)19-20-7-3-8-21-19/h3-5,7-8,14H,6,9-13H2,1-2H3,(H,22,25). The molecule has 1 fully saturated rings. The zero-order valence-corrected chi connectivity index (χ0v) is 15.7. The summed E-state index contributed by atoms with van der Waals surface area (Å²) >= 11 is 0. The van der Waals surface area contributed by atoms with E-state index in [9.17, 15) is 4.79 Å². The summed E-state index contributed by atoms with van der Waals surface area (Å²) in [5, 5.41) is 2.91. The van der Waals surface area contributed by atoms with Crippen LogP contribution in [0.3, 0.4) is 0 Å². The van der Waals surface area contributed by atoms with Gasteiger partial charge in [-0.15, -0.1) is 0 Å². The first kappa shape index (κ1) is 18.9. The van der Waals surface area contributed by atoms with Gasteiger partial charge in [0.05, 0.1) is 14.2 Å². The molecule has 1 saturated heterocycles. The van der Waals surface area contributed by atoms with Crippen LogP contribution in [0, 0.1) is 0 Å². The Labute approximate surface area is 159 Å². The van der Waals surface area contributed by atoms with Gasteiger partial charge in [-0.05, 0) is 18.2 Å². The summed E-state index contributed by atoms with van der Waals surface area (Å²) in [5.41, 5.74) is 0.698. The number of anilines is 2. The minimum atomic E-state index is -0.0176. The number of rotatable bonds is 7. The summed E-state index contributed by atoms with van der Waals surface area (Å²) in [6, 6.07) is 7.16. The quantitative estimate of drug-likeness (QED) is 0.793. The predicted octanol–water partition coefficient (Wildman–Crippen LogP) is 1.64. The van der Waals surface area contributed by atoms with Crippen LogP contribution in [0.15, 0.2) is 36.7 Å². The SMILES string of the molecule is COc1ccc(NC(=O)CCN2CCN(c3ncccn3)CC2)cc1OC. The predicted molar refractivity (Wildman–Crippen MR) is 103 cm³/mol. The topological polar surface area (TPSA) is 79.8 Å². The average Bonchev–Trinajstić information content (AvgIpc) is 2.73. The minimum Gasteiger partial charge on any atom is -0.493 e. The maximum absolute atomic E-state index is 12.3. The third kappa shape index (κ3) is 5.07. The molecular weight excluding hydrogens is 346 g/mol. The molecule has 0 saturated carbocycles. The van der Waals surface area contributed by atoms with E-state index in [1.807, 2.05) is 6.07 Å². The molecule has 0 spiro atoms. The Balaban J connectivity index is 1.44. The summed E-state index contributed by atoms with van der Waals surface area (Å²) in [5.74, 6) is 1.98.